The Bertz CT molecular complexity index is 654. The summed E-state index contributed by atoms with van der Waals surface area (Å²) < 4.78 is 4.42. The van der Waals surface area contributed by atoms with Crippen LogP contribution in [-0.2, 0) is 14.3 Å². The summed E-state index contributed by atoms with van der Waals surface area (Å²) in [6, 6.07) is 3.99. The number of ether oxygens (including phenoxy) is 1. The number of phenols is 2. The summed E-state index contributed by atoms with van der Waals surface area (Å²) >= 11 is 0.686. The van der Waals surface area contributed by atoms with Gasteiger partial charge in [-0.3, -0.25) is 19.3 Å². The van der Waals surface area contributed by atoms with Gasteiger partial charge in [-0.2, -0.15) is 0 Å². The molecule has 2 amide bonds. The van der Waals surface area contributed by atoms with Gasteiger partial charge in [0.1, 0.15) is 6.54 Å². The van der Waals surface area contributed by atoms with Crippen molar-refractivity contribution >= 4 is 35.0 Å². The van der Waals surface area contributed by atoms with Crippen molar-refractivity contribution in [2.75, 3.05) is 13.7 Å². The van der Waals surface area contributed by atoms with Crippen LogP contribution in [0.5, 0.6) is 11.5 Å². The first kappa shape index (κ1) is 14.9. The smallest absolute Gasteiger partial charge is 0.325 e. The number of nitrogens with zero attached hydrogens (tertiary/aromatic N) is 1. The topological polar surface area (TPSA) is 104 Å². The summed E-state index contributed by atoms with van der Waals surface area (Å²) in [6.07, 6.45) is 1.39. The van der Waals surface area contributed by atoms with Crippen LogP contribution in [0, 0.1) is 0 Å². The number of esters is 1. The normalized spacial score (nSPS) is 16.6. The second-order valence-electron chi connectivity index (χ2n) is 4.09. The van der Waals surface area contributed by atoms with Gasteiger partial charge in [0.05, 0.1) is 12.0 Å². The molecule has 2 rings (SSSR count). The van der Waals surface area contributed by atoms with Gasteiger partial charge in [0.15, 0.2) is 11.5 Å². The molecule has 0 radical (unpaired) electrons. The number of phenolic OH excluding ortho intramolecular Hbond substituents is 2. The van der Waals surface area contributed by atoms with Crippen molar-refractivity contribution in [3.8, 4) is 11.5 Å². The minimum atomic E-state index is -0.694. The Balaban J connectivity index is 2.23. The Morgan fingerprint density at radius 2 is 2.05 bits per heavy atom. The van der Waals surface area contributed by atoms with Gasteiger partial charge in [-0.25, -0.2) is 0 Å². The predicted molar refractivity (Wildman–Crippen MR) is 74.5 cm³/mol. The minimum absolute atomic E-state index is 0.119. The first-order valence-electron chi connectivity index (χ1n) is 5.76. The Morgan fingerprint density at radius 3 is 2.67 bits per heavy atom. The predicted octanol–water partition coefficient (Wildman–Crippen LogP) is 1.31. The number of hydrogen-bond acceptors (Lipinski definition) is 7. The summed E-state index contributed by atoms with van der Waals surface area (Å²) in [4.78, 5) is 35.8. The molecule has 1 aromatic carbocycles. The van der Waals surface area contributed by atoms with Crippen LogP contribution in [0.3, 0.4) is 0 Å². The SMILES string of the molecule is COC(=O)CN1C(=O)S/C(=C/c2ccc(O)c(O)c2)C1=O. The highest BCUT2D eigenvalue weighted by molar-refractivity contribution is 8.18. The van der Waals surface area contributed by atoms with Gasteiger partial charge in [0, 0.05) is 0 Å². The zero-order valence-corrected chi connectivity index (χ0v) is 11.7. The van der Waals surface area contributed by atoms with Crippen LogP contribution in [-0.4, -0.2) is 45.9 Å². The van der Waals surface area contributed by atoms with Gasteiger partial charge < -0.3 is 14.9 Å². The molecule has 1 heterocycles. The number of aromatic hydroxyl groups is 2. The van der Waals surface area contributed by atoms with Gasteiger partial charge in [-0.05, 0) is 35.5 Å². The summed E-state index contributed by atoms with van der Waals surface area (Å²) in [5.41, 5.74) is 0.439. The fraction of sp³-hybridized carbons (Fsp3) is 0.154. The molecule has 7 nitrogen and oxygen atoms in total. The van der Waals surface area contributed by atoms with E-state index in [9.17, 15) is 24.6 Å². The molecule has 1 aliphatic rings. The van der Waals surface area contributed by atoms with Crippen LogP contribution in [0.4, 0.5) is 4.79 Å². The van der Waals surface area contributed by atoms with Gasteiger partial charge >= 0.3 is 5.97 Å². The Morgan fingerprint density at radius 1 is 1.33 bits per heavy atom. The third-order valence-corrected chi connectivity index (χ3v) is 3.59. The molecule has 1 aliphatic heterocycles. The number of amides is 2. The van der Waals surface area contributed by atoms with Crippen LogP contribution in [0.15, 0.2) is 23.1 Å². The number of rotatable bonds is 3. The summed E-state index contributed by atoms with van der Waals surface area (Å²) in [6.45, 7) is -0.445. The molecule has 21 heavy (non-hydrogen) atoms. The lowest BCUT2D eigenvalue weighted by Crippen LogP contribution is -2.34. The maximum absolute atomic E-state index is 12.0. The highest BCUT2D eigenvalue weighted by atomic mass is 32.2. The number of thioether (sulfide) groups is 1. The Kier molecular flexibility index (Phi) is 4.18. The van der Waals surface area contributed by atoms with E-state index < -0.39 is 23.7 Å². The van der Waals surface area contributed by atoms with Crippen molar-refractivity contribution in [3.05, 3.63) is 28.7 Å². The molecule has 0 spiro atoms. The summed E-state index contributed by atoms with van der Waals surface area (Å²) in [7, 11) is 1.16. The summed E-state index contributed by atoms with van der Waals surface area (Å²) in [5.74, 6) is -1.92. The molecular weight excluding hydrogens is 298 g/mol. The molecule has 0 bridgehead atoms. The molecule has 0 saturated carbocycles. The van der Waals surface area contributed by atoms with Crippen LogP contribution >= 0.6 is 11.8 Å². The lowest BCUT2D eigenvalue weighted by molar-refractivity contribution is -0.143. The third-order valence-electron chi connectivity index (χ3n) is 2.69. The number of carbonyl (C=O) groups is 3. The van der Waals surface area contributed by atoms with E-state index in [4.69, 9.17) is 0 Å². The monoisotopic (exact) mass is 309 g/mol. The van der Waals surface area contributed by atoms with Crippen molar-refractivity contribution in [1.82, 2.24) is 4.90 Å². The van der Waals surface area contributed by atoms with Crippen molar-refractivity contribution in [1.29, 1.82) is 0 Å². The number of imide groups is 1. The van der Waals surface area contributed by atoms with E-state index in [1.54, 1.807) is 0 Å². The maximum Gasteiger partial charge on any atom is 0.325 e. The lowest BCUT2D eigenvalue weighted by Gasteiger charge is -2.09. The molecule has 0 aliphatic carbocycles. The van der Waals surface area contributed by atoms with Crippen molar-refractivity contribution < 1.29 is 29.3 Å². The van der Waals surface area contributed by atoms with E-state index in [1.165, 1.54) is 24.3 Å². The molecule has 1 saturated heterocycles. The number of carbonyl (C=O) groups excluding carboxylic acids is 3. The zero-order chi connectivity index (χ0) is 15.6. The van der Waals surface area contributed by atoms with Crippen LogP contribution in [0.25, 0.3) is 6.08 Å². The number of benzene rings is 1. The minimum Gasteiger partial charge on any atom is -0.504 e. The third kappa shape index (κ3) is 3.16. The Hall–Kier alpha value is -2.48. The zero-order valence-electron chi connectivity index (χ0n) is 10.9. The van der Waals surface area contributed by atoms with Crippen LogP contribution in [0.2, 0.25) is 0 Å². The van der Waals surface area contributed by atoms with E-state index in [2.05, 4.69) is 4.74 Å². The Labute approximate surface area is 123 Å². The van der Waals surface area contributed by atoms with Crippen LogP contribution < -0.4 is 0 Å². The van der Waals surface area contributed by atoms with E-state index >= 15 is 0 Å². The number of methoxy groups -OCH3 is 1. The molecule has 1 fully saturated rings. The van der Waals surface area contributed by atoms with E-state index in [-0.39, 0.29) is 16.4 Å². The largest absolute Gasteiger partial charge is 0.504 e. The molecule has 0 unspecified atom stereocenters. The molecule has 1 aromatic rings. The quantitative estimate of drug-likeness (QED) is 0.493. The molecular formula is C13H11NO6S. The van der Waals surface area contributed by atoms with Gasteiger partial charge in [-0.15, -0.1) is 0 Å². The highest BCUT2D eigenvalue weighted by Gasteiger charge is 2.36. The lowest BCUT2D eigenvalue weighted by atomic mass is 10.2. The summed E-state index contributed by atoms with van der Waals surface area (Å²) in [5, 5.41) is 18.0. The van der Waals surface area contributed by atoms with Crippen molar-refractivity contribution in [2.45, 2.75) is 0 Å². The first-order valence-corrected chi connectivity index (χ1v) is 6.58. The standard InChI is InChI=1S/C13H11NO6S/c1-20-11(17)6-14-12(18)10(21-13(14)19)5-7-2-3-8(15)9(16)4-7/h2-5,15-16H,6H2,1H3/b10-5+. The average molecular weight is 309 g/mol. The number of hydrogen-bond donors (Lipinski definition) is 2. The highest BCUT2D eigenvalue weighted by Crippen LogP contribution is 2.33. The van der Waals surface area contributed by atoms with Gasteiger partial charge in [0.2, 0.25) is 0 Å². The van der Waals surface area contributed by atoms with E-state index in [0.717, 1.165) is 12.0 Å². The van der Waals surface area contributed by atoms with Gasteiger partial charge in [-0.1, -0.05) is 6.07 Å². The molecule has 0 aromatic heterocycles. The van der Waals surface area contributed by atoms with E-state index in [0.29, 0.717) is 17.3 Å². The molecule has 110 valence electrons. The average Bonchev–Trinajstić information content (AvgIpc) is 2.70. The van der Waals surface area contributed by atoms with E-state index in [1.807, 2.05) is 0 Å². The fourth-order valence-electron chi connectivity index (χ4n) is 1.61. The second-order valence-corrected chi connectivity index (χ2v) is 5.09. The van der Waals surface area contributed by atoms with Crippen LogP contribution in [0.1, 0.15) is 5.56 Å². The van der Waals surface area contributed by atoms with Gasteiger partial charge in [0.25, 0.3) is 11.1 Å². The maximum atomic E-state index is 12.0. The molecule has 8 heteroatoms. The van der Waals surface area contributed by atoms with Crippen molar-refractivity contribution in [2.24, 2.45) is 0 Å². The fourth-order valence-corrected chi connectivity index (χ4v) is 2.45. The van der Waals surface area contributed by atoms with Crippen molar-refractivity contribution in [3.63, 3.8) is 0 Å². The first-order chi connectivity index (χ1) is 9.92. The molecule has 0 atom stereocenters. The second kappa shape index (κ2) is 5.88. The molecule has 2 N–H and O–H groups in total.